The van der Waals surface area contributed by atoms with E-state index in [1.807, 2.05) is 0 Å². The van der Waals surface area contributed by atoms with Crippen LogP contribution in [0.3, 0.4) is 0 Å². The first kappa shape index (κ1) is 29.8. The lowest BCUT2D eigenvalue weighted by atomic mass is 9.63. The average molecular weight is 600 g/mol. The zero-order valence-corrected chi connectivity index (χ0v) is 23.8. The number of fused-ring (bicyclic) bond motifs is 3. The third kappa shape index (κ3) is 5.57. The van der Waals surface area contributed by atoms with Gasteiger partial charge in [0.15, 0.2) is 0 Å². The van der Waals surface area contributed by atoms with E-state index in [9.17, 15) is 35.2 Å². The number of likely N-dealkylation sites (tertiary alicyclic amines) is 1. The summed E-state index contributed by atoms with van der Waals surface area (Å²) >= 11 is 0. The number of carbonyl (C=O) groups excluding carboxylic acids is 1. The molecular formula is C29H34F5N3O3S. The number of nitrogens with one attached hydrogen (secondary N) is 1. The first-order valence-corrected chi connectivity index (χ1v) is 15.6. The van der Waals surface area contributed by atoms with E-state index in [0.717, 1.165) is 17.4 Å². The maximum Gasteiger partial charge on any atom is 0.426 e. The molecule has 0 radical (unpaired) electrons. The number of piperidine rings is 1. The van der Waals surface area contributed by atoms with Gasteiger partial charge >= 0.3 is 12.2 Å². The molecule has 5 rings (SSSR count). The number of amides is 2. The predicted molar refractivity (Wildman–Crippen MR) is 144 cm³/mol. The van der Waals surface area contributed by atoms with Crippen LogP contribution in [0.25, 0.3) is 0 Å². The van der Waals surface area contributed by atoms with Gasteiger partial charge in [-0.1, -0.05) is 30.3 Å². The van der Waals surface area contributed by atoms with Crippen LogP contribution in [0.5, 0.6) is 0 Å². The van der Waals surface area contributed by atoms with Crippen LogP contribution in [-0.2, 0) is 33.9 Å². The van der Waals surface area contributed by atoms with E-state index in [2.05, 4.69) is 5.32 Å². The van der Waals surface area contributed by atoms with Crippen LogP contribution < -0.4 is 5.32 Å². The first-order chi connectivity index (χ1) is 19.1. The third-order valence-electron chi connectivity index (χ3n) is 9.16. The fourth-order valence-electron chi connectivity index (χ4n) is 6.82. The Morgan fingerprint density at radius 2 is 1.68 bits per heavy atom. The SMILES string of the molecule is CC(F)(c1ccc2c(c1)CC[C@H]1N(C(=O)NC3CCN(S(C)(=O)=O)CC3)CC[C@@]21Cc1ccc(F)cc1)C(F)(F)F. The van der Waals surface area contributed by atoms with Crippen molar-refractivity contribution >= 4 is 16.1 Å². The molecule has 2 aromatic carbocycles. The minimum atomic E-state index is -5.07. The number of sulfonamides is 1. The lowest BCUT2D eigenvalue weighted by Gasteiger charge is -2.44. The summed E-state index contributed by atoms with van der Waals surface area (Å²) in [4.78, 5) is 15.3. The summed E-state index contributed by atoms with van der Waals surface area (Å²) in [7, 11) is -3.30. The molecule has 2 aromatic rings. The normalized spacial score (nSPS) is 25.3. The Balaban J connectivity index is 1.43. The molecule has 0 aromatic heterocycles. The molecule has 0 bridgehead atoms. The zero-order valence-electron chi connectivity index (χ0n) is 23.0. The molecule has 2 aliphatic heterocycles. The van der Waals surface area contributed by atoms with Crippen molar-refractivity contribution in [3.05, 3.63) is 70.5 Å². The number of nitrogens with zero attached hydrogens (tertiary/aromatic N) is 2. The number of carbonyl (C=O) groups is 1. The highest BCUT2D eigenvalue weighted by Gasteiger charge is 2.55. The molecule has 3 atom stereocenters. The molecule has 224 valence electrons. The van der Waals surface area contributed by atoms with Crippen LogP contribution in [0.15, 0.2) is 42.5 Å². The Morgan fingerprint density at radius 3 is 2.29 bits per heavy atom. The topological polar surface area (TPSA) is 69.7 Å². The van der Waals surface area contributed by atoms with E-state index < -0.39 is 32.8 Å². The summed E-state index contributed by atoms with van der Waals surface area (Å²) in [6.07, 6.45) is -1.09. The van der Waals surface area contributed by atoms with Gasteiger partial charge in [0, 0.05) is 37.1 Å². The number of benzene rings is 2. The maximum atomic E-state index is 14.9. The number of urea groups is 1. The first-order valence-electron chi connectivity index (χ1n) is 13.8. The van der Waals surface area contributed by atoms with E-state index >= 15 is 0 Å². The van der Waals surface area contributed by atoms with Gasteiger partial charge in [-0.2, -0.15) is 13.2 Å². The number of aryl methyl sites for hydroxylation is 1. The summed E-state index contributed by atoms with van der Waals surface area (Å²) in [5, 5.41) is 3.07. The molecule has 1 N–H and O–H groups in total. The van der Waals surface area contributed by atoms with Crippen LogP contribution in [0, 0.1) is 5.82 Å². The molecule has 12 heteroatoms. The molecule has 1 unspecified atom stereocenters. The maximum absolute atomic E-state index is 14.9. The van der Waals surface area contributed by atoms with Gasteiger partial charge in [-0.3, -0.25) is 0 Å². The number of hydrogen-bond acceptors (Lipinski definition) is 3. The minimum Gasteiger partial charge on any atom is -0.335 e. The van der Waals surface area contributed by atoms with Gasteiger partial charge in [-0.25, -0.2) is 26.3 Å². The molecule has 3 aliphatic rings. The zero-order chi connectivity index (χ0) is 29.8. The van der Waals surface area contributed by atoms with Gasteiger partial charge in [-0.05, 0) is 79.8 Å². The number of rotatable bonds is 5. The van der Waals surface area contributed by atoms with Crippen LogP contribution in [0.4, 0.5) is 26.7 Å². The van der Waals surface area contributed by atoms with Crippen molar-refractivity contribution in [1.82, 2.24) is 14.5 Å². The van der Waals surface area contributed by atoms with Crippen LogP contribution >= 0.6 is 0 Å². The van der Waals surface area contributed by atoms with E-state index in [-0.39, 0.29) is 23.9 Å². The largest absolute Gasteiger partial charge is 0.426 e. The molecule has 2 fully saturated rings. The fourth-order valence-corrected chi connectivity index (χ4v) is 7.70. The van der Waals surface area contributed by atoms with Gasteiger partial charge in [0.05, 0.1) is 6.26 Å². The van der Waals surface area contributed by atoms with Crippen molar-refractivity contribution in [3.8, 4) is 0 Å². The number of alkyl halides is 4. The molecule has 0 saturated carbocycles. The second-order valence-electron chi connectivity index (χ2n) is 11.7. The van der Waals surface area contributed by atoms with E-state index in [1.165, 1.54) is 28.6 Å². The third-order valence-corrected chi connectivity index (χ3v) is 10.5. The summed E-state index contributed by atoms with van der Waals surface area (Å²) in [6.45, 7) is 1.58. The Kier molecular flexibility index (Phi) is 7.63. The number of hydrogen-bond donors (Lipinski definition) is 1. The smallest absolute Gasteiger partial charge is 0.335 e. The predicted octanol–water partition coefficient (Wildman–Crippen LogP) is 5.21. The highest BCUT2D eigenvalue weighted by atomic mass is 32.2. The lowest BCUT2D eigenvalue weighted by molar-refractivity contribution is -0.228. The molecule has 2 saturated heterocycles. The van der Waals surface area contributed by atoms with E-state index in [1.54, 1.807) is 23.1 Å². The second kappa shape index (κ2) is 10.5. The fraction of sp³-hybridized carbons (Fsp3) is 0.552. The quantitative estimate of drug-likeness (QED) is 0.480. The molecule has 2 amide bonds. The van der Waals surface area contributed by atoms with Crippen molar-refractivity contribution in [1.29, 1.82) is 0 Å². The molecule has 41 heavy (non-hydrogen) atoms. The van der Waals surface area contributed by atoms with Crippen molar-refractivity contribution in [3.63, 3.8) is 0 Å². The Labute approximate surface area is 236 Å². The molecule has 2 heterocycles. The Morgan fingerprint density at radius 1 is 1.02 bits per heavy atom. The van der Waals surface area contributed by atoms with Gasteiger partial charge in [0.2, 0.25) is 15.7 Å². The van der Waals surface area contributed by atoms with E-state index in [0.29, 0.717) is 70.6 Å². The highest BCUT2D eigenvalue weighted by Crippen LogP contribution is 2.51. The summed E-state index contributed by atoms with van der Waals surface area (Å²) in [5.41, 5.74) is -2.36. The summed E-state index contributed by atoms with van der Waals surface area (Å²) in [6, 6.07) is 9.41. The van der Waals surface area contributed by atoms with Gasteiger partial charge in [-0.15, -0.1) is 0 Å². The van der Waals surface area contributed by atoms with Crippen LogP contribution in [-0.4, -0.2) is 67.8 Å². The van der Waals surface area contributed by atoms with E-state index in [4.69, 9.17) is 0 Å². The van der Waals surface area contributed by atoms with Crippen LogP contribution in [0.2, 0.25) is 0 Å². The van der Waals surface area contributed by atoms with Gasteiger partial charge < -0.3 is 10.2 Å². The minimum absolute atomic E-state index is 0.185. The molecule has 1 aliphatic carbocycles. The average Bonchev–Trinajstić information content (AvgIpc) is 3.28. The van der Waals surface area contributed by atoms with Crippen LogP contribution in [0.1, 0.15) is 54.9 Å². The summed E-state index contributed by atoms with van der Waals surface area (Å²) in [5.74, 6) is -0.389. The van der Waals surface area contributed by atoms with Crippen molar-refractivity contribution in [2.24, 2.45) is 0 Å². The Bertz CT molecular complexity index is 1410. The standard InChI is InChI=1S/C29H34F5N3O3S/c1-27(31,29(32,33)34)21-6-9-24-20(17-21)5-10-25-28(24,18-19-3-7-22(30)8-4-19)13-16-37(25)26(38)35-23-11-14-36(15-12-23)41(2,39)40/h3-4,6-9,17,23,25H,5,10-16,18H2,1-2H3,(H,35,38)/t25-,27?,28-/m1/s1. The monoisotopic (exact) mass is 599 g/mol. The highest BCUT2D eigenvalue weighted by molar-refractivity contribution is 7.88. The van der Waals surface area contributed by atoms with Gasteiger partial charge in [0.25, 0.3) is 0 Å². The molecule has 6 nitrogen and oxygen atoms in total. The Hall–Kier alpha value is -2.73. The molecular weight excluding hydrogens is 565 g/mol. The van der Waals surface area contributed by atoms with Crippen molar-refractivity contribution in [2.45, 2.75) is 74.8 Å². The van der Waals surface area contributed by atoms with Crippen molar-refractivity contribution < 1.29 is 35.2 Å². The van der Waals surface area contributed by atoms with Crippen molar-refractivity contribution in [2.75, 3.05) is 25.9 Å². The number of halogens is 5. The summed E-state index contributed by atoms with van der Waals surface area (Å²) < 4.78 is 94.1. The second-order valence-corrected chi connectivity index (χ2v) is 13.7. The lowest BCUT2D eigenvalue weighted by Crippen LogP contribution is -2.54. The molecule has 0 spiro atoms. The van der Waals surface area contributed by atoms with Gasteiger partial charge in [0.1, 0.15) is 5.82 Å².